The summed E-state index contributed by atoms with van der Waals surface area (Å²) in [6, 6.07) is 5.30. The normalized spacial score (nSPS) is 16.2. The molecule has 1 fully saturated rings. The number of esters is 2. The summed E-state index contributed by atoms with van der Waals surface area (Å²) in [4.78, 5) is 35.7. The van der Waals surface area contributed by atoms with Crippen LogP contribution in [0.25, 0.3) is 0 Å². The molecule has 2 N–H and O–H groups in total. The van der Waals surface area contributed by atoms with Gasteiger partial charge in [0.15, 0.2) is 5.57 Å². The summed E-state index contributed by atoms with van der Waals surface area (Å²) < 4.78 is 10.0. The number of aryl methyl sites for hydroxylation is 1. The zero-order valence-corrected chi connectivity index (χ0v) is 14.9. The van der Waals surface area contributed by atoms with E-state index in [-0.39, 0.29) is 17.4 Å². The van der Waals surface area contributed by atoms with Crippen molar-refractivity contribution in [2.24, 2.45) is 5.92 Å². The lowest BCUT2D eigenvalue weighted by molar-refractivity contribution is -0.222. The van der Waals surface area contributed by atoms with Gasteiger partial charge in [-0.1, -0.05) is 19.9 Å². The van der Waals surface area contributed by atoms with Crippen molar-refractivity contribution in [3.05, 3.63) is 35.5 Å². The first-order valence-corrected chi connectivity index (χ1v) is 7.94. The van der Waals surface area contributed by atoms with Gasteiger partial charge in [0.1, 0.15) is 0 Å². The van der Waals surface area contributed by atoms with Crippen LogP contribution in [0.4, 0.5) is 11.4 Å². The maximum Gasteiger partial charge on any atom is 0.350 e. The molecule has 0 aromatic heterocycles. The summed E-state index contributed by atoms with van der Waals surface area (Å²) >= 11 is 0. The Morgan fingerprint density at radius 1 is 1.16 bits per heavy atom. The van der Waals surface area contributed by atoms with Crippen molar-refractivity contribution in [1.82, 2.24) is 0 Å². The molecule has 1 amide bonds. The standard InChI is InChI=1S/C18H22N2O5/c1-10(2)15(21)20-14-8-12(7-6-11(14)3)19-9-13-16(22)24-18(4,5)25-17(13)23/h6-10,19H,1-5H3,(H,20,21). The molecule has 134 valence electrons. The monoisotopic (exact) mass is 346 g/mol. The van der Waals surface area contributed by atoms with Crippen molar-refractivity contribution in [1.29, 1.82) is 0 Å². The zero-order valence-electron chi connectivity index (χ0n) is 14.9. The molecule has 0 bridgehead atoms. The van der Waals surface area contributed by atoms with Crippen LogP contribution in [0.2, 0.25) is 0 Å². The molecule has 1 heterocycles. The molecule has 1 aliphatic heterocycles. The molecule has 7 nitrogen and oxygen atoms in total. The van der Waals surface area contributed by atoms with Crippen molar-refractivity contribution >= 4 is 29.2 Å². The molecule has 1 aromatic carbocycles. The number of rotatable bonds is 4. The highest BCUT2D eigenvalue weighted by atomic mass is 16.7. The van der Waals surface area contributed by atoms with Gasteiger partial charge in [-0.15, -0.1) is 0 Å². The van der Waals surface area contributed by atoms with Crippen molar-refractivity contribution in [2.45, 2.75) is 40.4 Å². The third-order valence-corrected chi connectivity index (χ3v) is 3.52. The first-order chi connectivity index (χ1) is 11.6. The fraction of sp³-hybridized carbons (Fsp3) is 0.389. The van der Waals surface area contributed by atoms with Crippen LogP contribution < -0.4 is 10.6 Å². The Kier molecular flexibility index (Phi) is 5.15. The van der Waals surface area contributed by atoms with E-state index in [1.807, 2.05) is 13.0 Å². The Morgan fingerprint density at radius 3 is 2.32 bits per heavy atom. The first kappa shape index (κ1) is 18.5. The first-order valence-electron chi connectivity index (χ1n) is 7.94. The number of carbonyl (C=O) groups excluding carboxylic acids is 3. The summed E-state index contributed by atoms with van der Waals surface area (Å²) in [5, 5.41) is 5.69. The molecule has 0 radical (unpaired) electrons. The molecule has 7 heteroatoms. The van der Waals surface area contributed by atoms with Crippen LogP contribution in [0.1, 0.15) is 33.3 Å². The summed E-state index contributed by atoms with van der Waals surface area (Å²) in [7, 11) is 0. The maximum absolute atomic E-state index is 11.9. The van der Waals surface area contributed by atoms with Crippen molar-refractivity contribution in [2.75, 3.05) is 10.6 Å². The highest BCUT2D eigenvalue weighted by Gasteiger charge is 2.38. The Hall–Kier alpha value is -2.83. The predicted octanol–water partition coefficient (Wildman–Crippen LogP) is 2.72. The predicted molar refractivity (Wildman–Crippen MR) is 92.6 cm³/mol. The van der Waals surface area contributed by atoms with Gasteiger partial charge in [-0.3, -0.25) is 4.79 Å². The lowest BCUT2D eigenvalue weighted by Crippen LogP contribution is -2.42. The third kappa shape index (κ3) is 4.59. The molecule has 25 heavy (non-hydrogen) atoms. The molecule has 0 saturated carbocycles. The Labute approximate surface area is 146 Å². The molecule has 1 aliphatic rings. The van der Waals surface area contributed by atoms with Crippen molar-refractivity contribution in [3.63, 3.8) is 0 Å². The average molecular weight is 346 g/mol. The van der Waals surface area contributed by atoms with Crippen molar-refractivity contribution in [3.8, 4) is 0 Å². The van der Waals surface area contributed by atoms with Gasteiger partial charge in [-0.25, -0.2) is 9.59 Å². The van der Waals surface area contributed by atoms with Gasteiger partial charge in [-0.05, 0) is 24.6 Å². The quantitative estimate of drug-likeness (QED) is 0.495. The Bertz CT molecular complexity index is 728. The number of ether oxygens (including phenoxy) is 2. The minimum atomic E-state index is -1.27. The van der Waals surface area contributed by atoms with Gasteiger partial charge in [0.05, 0.1) is 0 Å². The van der Waals surface area contributed by atoms with Crippen LogP contribution in [0, 0.1) is 12.8 Å². The van der Waals surface area contributed by atoms with E-state index in [1.54, 1.807) is 26.0 Å². The second kappa shape index (κ2) is 6.96. The maximum atomic E-state index is 11.9. The van der Waals surface area contributed by atoms with Crippen LogP contribution in [0.3, 0.4) is 0 Å². The van der Waals surface area contributed by atoms with E-state index in [9.17, 15) is 14.4 Å². The van der Waals surface area contributed by atoms with E-state index >= 15 is 0 Å². The second-order valence-electron chi connectivity index (χ2n) is 6.55. The molecule has 1 saturated heterocycles. The van der Waals surface area contributed by atoms with E-state index < -0.39 is 17.7 Å². The summed E-state index contributed by atoms with van der Waals surface area (Å²) in [5.41, 5.74) is 1.91. The molecule has 0 atom stereocenters. The highest BCUT2D eigenvalue weighted by molar-refractivity contribution is 6.15. The topological polar surface area (TPSA) is 93.7 Å². The van der Waals surface area contributed by atoms with Gasteiger partial charge in [-0.2, -0.15) is 0 Å². The van der Waals surface area contributed by atoms with Gasteiger partial charge >= 0.3 is 11.9 Å². The summed E-state index contributed by atoms with van der Waals surface area (Å²) in [5.74, 6) is -3.03. The number of nitrogens with one attached hydrogen (secondary N) is 2. The number of carbonyl (C=O) groups is 3. The second-order valence-corrected chi connectivity index (χ2v) is 6.55. The number of cyclic esters (lactones) is 2. The molecule has 2 rings (SSSR count). The number of hydrogen-bond donors (Lipinski definition) is 2. The van der Waals surface area contributed by atoms with E-state index in [0.29, 0.717) is 11.4 Å². The van der Waals surface area contributed by atoms with Gasteiger partial charge in [0.25, 0.3) is 5.79 Å². The Morgan fingerprint density at radius 2 is 1.76 bits per heavy atom. The van der Waals surface area contributed by atoms with Crippen LogP contribution in [-0.4, -0.2) is 23.6 Å². The fourth-order valence-electron chi connectivity index (χ4n) is 2.06. The lowest BCUT2D eigenvalue weighted by atomic mass is 10.1. The number of benzene rings is 1. The molecule has 0 unspecified atom stereocenters. The smallest absolute Gasteiger partial charge is 0.350 e. The number of amides is 1. The van der Waals surface area contributed by atoms with Crippen LogP contribution in [0.5, 0.6) is 0 Å². The zero-order chi connectivity index (χ0) is 18.8. The Balaban J connectivity index is 2.17. The van der Waals surface area contributed by atoms with Crippen molar-refractivity contribution < 1.29 is 23.9 Å². The average Bonchev–Trinajstić information content (AvgIpc) is 2.48. The molecular weight excluding hydrogens is 324 g/mol. The van der Waals surface area contributed by atoms with E-state index in [2.05, 4.69) is 10.6 Å². The van der Waals surface area contributed by atoms with Crippen LogP contribution in [0.15, 0.2) is 30.0 Å². The number of hydrogen-bond acceptors (Lipinski definition) is 6. The highest BCUT2D eigenvalue weighted by Crippen LogP contribution is 2.24. The minimum absolute atomic E-state index is 0.0970. The largest absolute Gasteiger partial charge is 0.419 e. The summed E-state index contributed by atoms with van der Waals surface area (Å²) in [6.07, 6.45) is 1.23. The van der Waals surface area contributed by atoms with Gasteiger partial charge < -0.3 is 20.1 Å². The molecule has 1 aromatic rings. The minimum Gasteiger partial charge on any atom is -0.419 e. The van der Waals surface area contributed by atoms with E-state index in [0.717, 1.165) is 5.56 Å². The van der Waals surface area contributed by atoms with E-state index in [4.69, 9.17) is 9.47 Å². The van der Waals surface area contributed by atoms with Gasteiger partial charge in [0, 0.05) is 37.3 Å². The molecule has 0 spiro atoms. The molecule has 0 aliphatic carbocycles. The molecular formula is C18H22N2O5. The van der Waals surface area contributed by atoms with Crippen LogP contribution >= 0.6 is 0 Å². The number of anilines is 2. The lowest BCUT2D eigenvalue weighted by Gasteiger charge is -2.29. The van der Waals surface area contributed by atoms with Gasteiger partial charge in [0.2, 0.25) is 5.91 Å². The summed E-state index contributed by atoms with van der Waals surface area (Å²) in [6.45, 7) is 8.45. The SMILES string of the molecule is Cc1ccc(NC=C2C(=O)OC(C)(C)OC2=O)cc1NC(=O)C(C)C. The third-order valence-electron chi connectivity index (χ3n) is 3.52. The van der Waals surface area contributed by atoms with E-state index in [1.165, 1.54) is 20.0 Å². The van der Waals surface area contributed by atoms with Crippen LogP contribution in [-0.2, 0) is 23.9 Å². The fourth-order valence-corrected chi connectivity index (χ4v) is 2.06.